The van der Waals surface area contributed by atoms with Crippen molar-refractivity contribution in [3.63, 3.8) is 0 Å². The molecule has 2 rings (SSSR count). The summed E-state index contributed by atoms with van der Waals surface area (Å²) >= 11 is 0. The second kappa shape index (κ2) is 7.94. The van der Waals surface area contributed by atoms with E-state index in [2.05, 4.69) is 20.6 Å². The Morgan fingerprint density at radius 1 is 1.05 bits per heavy atom. The van der Waals surface area contributed by atoms with Gasteiger partial charge in [-0.2, -0.15) is 0 Å². The van der Waals surface area contributed by atoms with Gasteiger partial charge in [-0.1, -0.05) is 32.1 Å². The number of aliphatic hydroxyl groups is 1. The maximum Gasteiger partial charge on any atom is 0.131 e. The van der Waals surface area contributed by atoms with Gasteiger partial charge < -0.3 is 15.7 Å². The summed E-state index contributed by atoms with van der Waals surface area (Å²) in [6.45, 7) is 1.59. The summed E-state index contributed by atoms with van der Waals surface area (Å²) in [7, 11) is 0. The van der Waals surface area contributed by atoms with Crippen molar-refractivity contribution in [2.75, 3.05) is 30.3 Å². The largest absolute Gasteiger partial charge is 0.395 e. The quantitative estimate of drug-likeness (QED) is 0.704. The minimum absolute atomic E-state index is 0.106. The van der Waals surface area contributed by atoms with Crippen LogP contribution in [0.2, 0.25) is 0 Å². The summed E-state index contributed by atoms with van der Waals surface area (Å²) in [5.41, 5.74) is 0. The summed E-state index contributed by atoms with van der Waals surface area (Å²) in [4.78, 5) is 8.31. The molecule has 106 valence electrons. The number of nitrogens with zero attached hydrogens (tertiary/aromatic N) is 2. The Bertz CT molecular complexity index is 366. The van der Waals surface area contributed by atoms with Crippen molar-refractivity contribution in [1.29, 1.82) is 0 Å². The molecule has 0 radical (unpaired) electrons. The summed E-state index contributed by atoms with van der Waals surface area (Å²) in [5, 5.41) is 15.1. The molecule has 0 aliphatic heterocycles. The molecule has 1 fully saturated rings. The van der Waals surface area contributed by atoms with Crippen LogP contribution in [0.25, 0.3) is 0 Å². The van der Waals surface area contributed by atoms with Crippen LogP contribution in [0.1, 0.15) is 38.5 Å². The number of anilines is 2. The van der Waals surface area contributed by atoms with Crippen LogP contribution in [0, 0.1) is 5.92 Å². The van der Waals surface area contributed by atoms with Crippen molar-refractivity contribution >= 4 is 11.6 Å². The van der Waals surface area contributed by atoms with Crippen LogP contribution in [0.4, 0.5) is 11.6 Å². The van der Waals surface area contributed by atoms with Gasteiger partial charge in [0.2, 0.25) is 0 Å². The summed E-state index contributed by atoms with van der Waals surface area (Å²) in [6.07, 6.45) is 9.74. The van der Waals surface area contributed by atoms with Gasteiger partial charge in [0.25, 0.3) is 0 Å². The Balaban J connectivity index is 1.72. The highest BCUT2D eigenvalue weighted by Crippen LogP contribution is 2.26. The van der Waals surface area contributed by atoms with E-state index >= 15 is 0 Å². The van der Waals surface area contributed by atoms with Crippen LogP contribution in [0.15, 0.2) is 12.4 Å². The Hall–Kier alpha value is -1.36. The first-order chi connectivity index (χ1) is 9.38. The van der Waals surface area contributed by atoms with Gasteiger partial charge in [-0.15, -0.1) is 0 Å². The van der Waals surface area contributed by atoms with Gasteiger partial charge in [0.1, 0.15) is 18.0 Å². The molecule has 0 unspecified atom stereocenters. The van der Waals surface area contributed by atoms with Crippen molar-refractivity contribution < 1.29 is 5.11 Å². The fourth-order valence-electron chi connectivity index (χ4n) is 2.61. The third-order valence-corrected chi connectivity index (χ3v) is 3.67. The highest BCUT2D eigenvalue weighted by atomic mass is 16.3. The van der Waals surface area contributed by atoms with Gasteiger partial charge in [0.15, 0.2) is 0 Å². The average molecular weight is 264 g/mol. The molecule has 1 aromatic rings. The molecule has 19 heavy (non-hydrogen) atoms. The maximum atomic E-state index is 8.76. The predicted molar refractivity (Wildman–Crippen MR) is 77.3 cm³/mol. The molecule has 5 heteroatoms. The number of aliphatic hydroxyl groups excluding tert-OH is 1. The molecule has 3 N–H and O–H groups in total. The summed E-state index contributed by atoms with van der Waals surface area (Å²) < 4.78 is 0. The normalized spacial score (nSPS) is 16.3. The molecule has 5 nitrogen and oxygen atoms in total. The van der Waals surface area contributed by atoms with Crippen LogP contribution >= 0.6 is 0 Å². The van der Waals surface area contributed by atoms with Gasteiger partial charge in [-0.25, -0.2) is 9.97 Å². The Morgan fingerprint density at radius 2 is 1.74 bits per heavy atom. The predicted octanol–water partition coefficient (Wildman–Crippen LogP) is 2.26. The van der Waals surface area contributed by atoms with Gasteiger partial charge in [0, 0.05) is 19.2 Å². The van der Waals surface area contributed by atoms with Gasteiger partial charge in [-0.05, 0) is 12.3 Å². The zero-order valence-corrected chi connectivity index (χ0v) is 11.4. The average Bonchev–Trinajstić information content (AvgIpc) is 2.47. The lowest BCUT2D eigenvalue weighted by atomic mass is 9.87. The van der Waals surface area contributed by atoms with E-state index in [0.717, 1.165) is 24.1 Å². The fourth-order valence-corrected chi connectivity index (χ4v) is 2.61. The highest BCUT2D eigenvalue weighted by Gasteiger charge is 2.12. The number of hydrogen-bond donors (Lipinski definition) is 3. The minimum atomic E-state index is 0.106. The Kier molecular flexibility index (Phi) is 5.88. The van der Waals surface area contributed by atoms with Crippen LogP contribution in [0.3, 0.4) is 0 Å². The van der Waals surface area contributed by atoms with E-state index in [1.54, 1.807) is 6.33 Å². The van der Waals surface area contributed by atoms with E-state index in [1.165, 1.54) is 38.5 Å². The van der Waals surface area contributed by atoms with Crippen LogP contribution in [-0.4, -0.2) is 34.8 Å². The van der Waals surface area contributed by atoms with Crippen molar-refractivity contribution in [3.05, 3.63) is 12.4 Å². The molecular formula is C14H24N4O. The Labute approximate surface area is 114 Å². The molecule has 0 amide bonds. The van der Waals surface area contributed by atoms with E-state index in [0.29, 0.717) is 6.54 Å². The monoisotopic (exact) mass is 264 g/mol. The first-order valence-electron chi connectivity index (χ1n) is 7.29. The van der Waals surface area contributed by atoms with E-state index in [-0.39, 0.29) is 6.61 Å². The molecule has 1 aromatic heterocycles. The number of nitrogens with one attached hydrogen (secondary N) is 2. The molecule has 0 saturated heterocycles. The summed E-state index contributed by atoms with van der Waals surface area (Å²) in [5.74, 6) is 2.49. The van der Waals surface area contributed by atoms with Crippen LogP contribution < -0.4 is 10.6 Å². The molecule has 1 heterocycles. The van der Waals surface area contributed by atoms with Crippen LogP contribution in [0.5, 0.6) is 0 Å². The topological polar surface area (TPSA) is 70.1 Å². The molecule has 1 aliphatic rings. The lowest BCUT2D eigenvalue weighted by Crippen LogP contribution is -2.13. The zero-order valence-electron chi connectivity index (χ0n) is 11.4. The van der Waals surface area contributed by atoms with Gasteiger partial charge in [0.05, 0.1) is 6.61 Å². The molecular weight excluding hydrogens is 240 g/mol. The second-order valence-corrected chi connectivity index (χ2v) is 5.16. The van der Waals surface area contributed by atoms with E-state index < -0.39 is 0 Å². The van der Waals surface area contributed by atoms with Crippen LogP contribution in [-0.2, 0) is 0 Å². The lowest BCUT2D eigenvalue weighted by molar-refractivity contribution is 0.311. The first kappa shape index (κ1) is 14.1. The van der Waals surface area contributed by atoms with E-state index in [4.69, 9.17) is 5.11 Å². The first-order valence-corrected chi connectivity index (χ1v) is 7.29. The van der Waals surface area contributed by atoms with Gasteiger partial charge in [-0.3, -0.25) is 0 Å². The number of hydrogen-bond acceptors (Lipinski definition) is 5. The second-order valence-electron chi connectivity index (χ2n) is 5.16. The molecule has 0 aromatic carbocycles. The third-order valence-electron chi connectivity index (χ3n) is 3.67. The fraction of sp³-hybridized carbons (Fsp3) is 0.714. The van der Waals surface area contributed by atoms with Gasteiger partial charge >= 0.3 is 0 Å². The lowest BCUT2D eigenvalue weighted by Gasteiger charge is -2.21. The summed E-state index contributed by atoms with van der Waals surface area (Å²) in [6, 6.07) is 1.89. The third kappa shape index (κ3) is 5.03. The molecule has 1 aliphatic carbocycles. The minimum Gasteiger partial charge on any atom is -0.395 e. The molecule has 0 spiro atoms. The molecule has 0 atom stereocenters. The van der Waals surface area contributed by atoms with E-state index in [1.807, 2.05) is 6.07 Å². The Morgan fingerprint density at radius 3 is 2.42 bits per heavy atom. The highest BCUT2D eigenvalue weighted by molar-refractivity contribution is 5.46. The number of aromatic nitrogens is 2. The van der Waals surface area contributed by atoms with Crippen molar-refractivity contribution in [2.45, 2.75) is 38.5 Å². The zero-order chi connectivity index (χ0) is 13.3. The van der Waals surface area contributed by atoms with E-state index in [9.17, 15) is 0 Å². The van der Waals surface area contributed by atoms with Crippen molar-refractivity contribution in [3.8, 4) is 0 Å². The smallest absolute Gasteiger partial charge is 0.131 e. The number of rotatable bonds is 7. The maximum absolute atomic E-state index is 8.76. The standard InChI is InChI=1S/C14H24N4O/c19-9-8-16-14-10-13(17-11-18-14)15-7-6-12-4-2-1-3-5-12/h10-12,19H,1-9H2,(H2,15,16,17,18). The van der Waals surface area contributed by atoms with Crippen molar-refractivity contribution in [1.82, 2.24) is 9.97 Å². The molecule has 1 saturated carbocycles. The SMILES string of the molecule is OCCNc1cc(NCCC2CCCCC2)ncn1. The molecule has 0 bridgehead atoms. The van der Waals surface area contributed by atoms with Crippen molar-refractivity contribution in [2.24, 2.45) is 5.92 Å².